The highest BCUT2D eigenvalue weighted by Gasteiger charge is 2.39. The number of fused-ring (bicyclic) bond motifs is 9. The second-order valence-electron chi connectivity index (χ2n) is 14.6. The van der Waals surface area contributed by atoms with Gasteiger partial charge in [-0.2, -0.15) is 0 Å². The standard InChI is InChI=1S/C48H33N3O2/c1-48(2)39-18-6-3-13-32(39)36-16-10-17-37(44(36)48)47-50-45(49-46(51-47)31-21-23-35-33-14-4-7-19-40(33)53-43(35)27-31)30-12-9-11-28(25-30)29-22-24-42-38(26-29)34-15-5-8-20-41(34)52-42/h3-27,47H,1-2H3,(H,49,50,51). The topological polar surface area (TPSA) is 63.0 Å². The fourth-order valence-corrected chi connectivity index (χ4v) is 8.62. The zero-order chi connectivity index (χ0) is 35.3. The van der Waals surface area contributed by atoms with E-state index in [1.165, 1.54) is 22.3 Å². The van der Waals surface area contributed by atoms with Gasteiger partial charge in [0.15, 0.2) is 5.84 Å². The first-order valence-corrected chi connectivity index (χ1v) is 18.1. The summed E-state index contributed by atoms with van der Waals surface area (Å²) in [4.78, 5) is 10.6. The molecule has 1 aliphatic carbocycles. The summed E-state index contributed by atoms with van der Waals surface area (Å²) < 4.78 is 12.5. The number of hydrogen-bond acceptors (Lipinski definition) is 5. The van der Waals surface area contributed by atoms with E-state index in [2.05, 4.69) is 140 Å². The normalized spacial score (nSPS) is 16.1. The summed E-state index contributed by atoms with van der Waals surface area (Å²) in [5.74, 6) is 1.43. The van der Waals surface area contributed by atoms with E-state index in [0.717, 1.165) is 77.5 Å². The van der Waals surface area contributed by atoms with Gasteiger partial charge in [-0.3, -0.25) is 0 Å². The van der Waals surface area contributed by atoms with Crippen LogP contribution in [0, 0.1) is 0 Å². The summed E-state index contributed by atoms with van der Waals surface area (Å²) in [6.07, 6.45) is -0.371. The van der Waals surface area contributed by atoms with E-state index < -0.39 is 0 Å². The minimum Gasteiger partial charge on any atom is -0.456 e. The maximum Gasteiger partial charge on any atom is 0.159 e. The predicted octanol–water partition coefficient (Wildman–Crippen LogP) is 12.0. The molecule has 53 heavy (non-hydrogen) atoms. The molecule has 1 aliphatic heterocycles. The summed E-state index contributed by atoms with van der Waals surface area (Å²) in [5, 5.41) is 8.17. The van der Waals surface area contributed by atoms with E-state index >= 15 is 0 Å². The number of hydrogen-bond donors (Lipinski definition) is 1. The van der Waals surface area contributed by atoms with Crippen molar-refractivity contribution in [2.45, 2.75) is 25.4 Å². The summed E-state index contributed by atoms with van der Waals surface area (Å²) in [7, 11) is 0. The molecule has 9 aromatic rings. The Balaban J connectivity index is 1.07. The lowest BCUT2D eigenvalue weighted by Crippen LogP contribution is -2.35. The summed E-state index contributed by atoms with van der Waals surface area (Å²) in [5.41, 5.74) is 13.7. The zero-order valence-corrected chi connectivity index (χ0v) is 29.2. The number of para-hydroxylation sites is 2. The van der Waals surface area contributed by atoms with Crippen LogP contribution in [-0.2, 0) is 5.41 Å². The van der Waals surface area contributed by atoms with Crippen LogP contribution in [0.15, 0.2) is 170 Å². The molecule has 0 saturated heterocycles. The van der Waals surface area contributed by atoms with Crippen molar-refractivity contribution in [2.75, 3.05) is 0 Å². The fourth-order valence-electron chi connectivity index (χ4n) is 8.62. The van der Waals surface area contributed by atoms with Gasteiger partial charge in [0.25, 0.3) is 0 Å². The molecule has 1 N–H and O–H groups in total. The largest absolute Gasteiger partial charge is 0.456 e. The molecule has 2 aliphatic rings. The molecule has 252 valence electrons. The summed E-state index contributed by atoms with van der Waals surface area (Å²) in [6, 6.07) is 53.1. The van der Waals surface area contributed by atoms with Crippen LogP contribution in [-0.4, -0.2) is 11.7 Å². The summed E-state index contributed by atoms with van der Waals surface area (Å²) >= 11 is 0. The van der Waals surface area contributed by atoms with Gasteiger partial charge < -0.3 is 14.2 Å². The number of amidine groups is 2. The van der Waals surface area contributed by atoms with Crippen LogP contribution in [0.4, 0.5) is 0 Å². The van der Waals surface area contributed by atoms with Crippen molar-refractivity contribution < 1.29 is 8.83 Å². The van der Waals surface area contributed by atoms with Crippen molar-refractivity contribution in [1.29, 1.82) is 0 Å². The second-order valence-corrected chi connectivity index (χ2v) is 14.6. The van der Waals surface area contributed by atoms with E-state index in [-0.39, 0.29) is 11.6 Å². The Morgan fingerprint density at radius 2 is 1.15 bits per heavy atom. The first kappa shape index (κ1) is 30.0. The van der Waals surface area contributed by atoms with Crippen molar-refractivity contribution >= 4 is 55.5 Å². The van der Waals surface area contributed by atoms with Crippen LogP contribution in [0.2, 0.25) is 0 Å². The Morgan fingerprint density at radius 3 is 2.02 bits per heavy atom. The highest BCUT2D eigenvalue weighted by molar-refractivity contribution is 6.15. The first-order valence-electron chi connectivity index (χ1n) is 18.1. The van der Waals surface area contributed by atoms with Crippen LogP contribution in [0.25, 0.3) is 66.1 Å². The maximum atomic E-state index is 6.33. The van der Waals surface area contributed by atoms with E-state index in [4.69, 9.17) is 18.8 Å². The van der Waals surface area contributed by atoms with Crippen molar-refractivity contribution in [3.8, 4) is 22.3 Å². The SMILES string of the molecule is CC1(C)c2ccccc2-c2cccc(C3N=C(c4cccc(-c5ccc6oc7ccccc7c6c5)c4)N=C(c4ccc5c(c4)oc4ccccc45)N3)c21. The Bertz CT molecular complexity index is 3030. The molecule has 11 rings (SSSR count). The lowest BCUT2D eigenvalue weighted by molar-refractivity contribution is 0.610. The minimum atomic E-state index is -0.371. The molecule has 0 bridgehead atoms. The number of nitrogens with one attached hydrogen (secondary N) is 1. The first-order chi connectivity index (χ1) is 26.0. The molecule has 0 fully saturated rings. The Hall–Kier alpha value is -6.72. The molecule has 1 atom stereocenters. The van der Waals surface area contributed by atoms with Gasteiger partial charge in [0.1, 0.15) is 34.3 Å². The van der Waals surface area contributed by atoms with Crippen LogP contribution in [0.3, 0.4) is 0 Å². The van der Waals surface area contributed by atoms with Gasteiger partial charge in [0.05, 0.1) is 0 Å². The van der Waals surface area contributed by atoms with Gasteiger partial charge in [-0.1, -0.05) is 123 Å². The predicted molar refractivity (Wildman–Crippen MR) is 216 cm³/mol. The highest BCUT2D eigenvalue weighted by atomic mass is 16.3. The Kier molecular flexibility index (Phi) is 6.30. The fraction of sp³-hybridized carbons (Fsp3) is 0.0833. The van der Waals surface area contributed by atoms with Gasteiger partial charge in [0.2, 0.25) is 0 Å². The molecule has 0 spiro atoms. The van der Waals surface area contributed by atoms with E-state index in [1.807, 2.05) is 30.3 Å². The second kappa shape index (κ2) is 11.1. The van der Waals surface area contributed by atoms with Crippen molar-refractivity contribution in [2.24, 2.45) is 9.98 Å². The van der Waals surface area contributed by atoms with Crippen LogP contribution >= 0.6 is 0 Å². The number of aliphatic imine (C=N–C) groups is 2. The number of rotatable bonds is 4. The lowest BCUT2D eigenvalue weighted by Gasteiger charge is -2.29. The molecule has 5 heteroatoms. The maximum absolute atomic E-state index is 6.33. The monoisotopic (exact) mass is 683 g/mol. The third kappa shape index (κ3) is 4.57. The zero-order valence-electron chi connectivity index (χ0n) is 29.2. The molecule has 0 saturated carbocycles. The van der Waals surface area contributed by atoms with Gasteiger partial charge >= 0.3 is 0 Å². The summed E-state index contributed by atoms with van der Waals surface area (Å²) in [6.45, 7) is 4.64. The average molecular weight is 684 g/mol. The average Bonchev–Trinajstić information content (AvgIpc) is 3.85. The molecule has 7 aromatic carbocycles. The third-order valence-corrected chi connectivity index (χ3v) is 11.1. The number of benzene rings is 7. The molecule has 3 heterocycles. The van der Waals surface area contributed by atoms with Gasteiger partial charge in [-0.25, -0.2) is 9.98 Å². The number of nitrogens with zero attached hydrogens (tertiary/aromatic N) is 2. The van der Waals surface area contributed by atoms with E-state index in [9.17, 15) is 0 Å². The third-order valence-electron chi connectivity index (χ3n) is 11.1. The molecule has 1 unspecified atom stereocenters. The van der Waals surface area contributed by atoms with E-state index in [1.54, 1.807) is 0 Å². The molecular weight excluding hydrogens is 651 g/mol. The quantitative estimate of drug-likeness (QED) is 0.201. The smallest absolute Gasteiger partial charge is 0.159 e. The molecular formula is C48H33N3O2. The van der Waals surface area contributed by atoms with Crippen LogP contribution in [0.1, 0.15) is 47.8 Å². The highest BCUT2D eigenvalue weighted by Crippen LogP contribution is 2.51. The molecule has 5 nitrogen and oxygen atoms in total. The molecule has 0 amide bonds. The van der Waals surface area contributed by atoms with Crippen molar-refractivity contribution in [3.63, 3.8) is 0 Å². The lowest BCUT2D eigenvalue weighted by atomic mass is 9.79. The van der Waals surface area contributed by atoms with Crippen molar-refractivity contribution in [3.05, 3.63) is 179 Å². The number of furan rings is 2. The Labute approximate surface area is 305 Å². The Morgan fingerprint density at radius 1 is 0.509 bits per heavy atom. The van der Waals surface area contributed by atoms with Gasteiger partial charge in [0, 0.05) is 43.7 Å². The van der Waals surface area contributed by atoms with Gasteiger partial charge in [-0.15, -0.1) is 0 Å². The van der Waals surface area contributed by atoms with Crippen molar-refractivity contribution in [1.82, 2.24) is 5.32 Å². The minimum absolute atomic E-state index is 0.197. The van der Waals surface area contributed by atoms with Crippen LogP contribution < -0.4 is 5.32 Å². The van der Waals surface area contributed by atoms with E-state index in [0.29, 0.717) is 5.84 Å². The van der Waals surface area contributed by atoms with Crippen LogP contribution in [0.5, 0.6) is 0 Å². The molecule has 2 aromatic heterocycles. The molecule has 0 radical (unpaired) electrons. The van der Waals surface area contributed by atoms with Gasteiger partial charge in [-0.05, 0) is 75.8 Å².